The zero-order valence-corrected chi connectivity index (χ0v) is 21.0. The van der Waals surface area contributed by atoms with Gasteiger partial charge in [0, 0.05) is 24.8 Å². The van der Waals surface area contributed by atoms with Gasteiger partial charge in [0.1, 0.15) is 11.5 Å². The smallest absolute Gasteiger partial charge is 0.264 e. The number of hydrazone groups is 1. The zero-order chi connectivity index (χ0) is 25.2. The number of benzene rings is 2. The number of methoxy groups -OCH3 is 2. The summed E-state index contributed by atoms with van der Waals surface area (Å²) in [7, 11) is 3.08. The van der Waals surface area contributed by atoms with Crippen LogP contribution in [-0.4, -0.2) is 60.1 Å². The van der Waals surface area contributed by atoms with E-state index in [4.69, 9.17) is 15.3 Å². The molecule has 11 nitrogen and oxygen atoms in total. The van der Waals surface area contributed by atoms with Crippen LogP contribution in [0.5, 0.6) is 11.5 Å². The molecule has 1 amide bonds. The number of amides is 1. The maximum Gasteiger partial charge on any atom is 0.264 e. The number of hydrogen-bond acceptors (Lipinski definition) is 10. The molecule has 0 aliphatic carbocycles. The topological polar surface area (TPSA) is 132 Å². The van der Waals surface area contributed by atoms with Gasteiger partial charge in [0.15, 0.2) is 0 Å². The van der Waals surface area contributed by atoms with Crippen molar-refractivity contribution in [2.75, 3.05) is 54.5 Å². The fraction of sp³-hybridized carbons (Fsp3) is 0.304. The molecule has 2 aromatic carbocycles. The van der Waals surface area contributed by atoms with Crippen LogP contribution >= 0.6 is 11.8 Å². The van der Waals surface area contributed by atoms with Crippen LogP contribution in [0.2, 0.25) is 0 Å². The Morgan fingerprint density at radius 3 is 2.54 bits per heavy atom. The molecule has 3 rings (SSSR count). The highest BCUT2D eigenvalue weighted by Gasteiger charge is 2.14. The third-order valence-corrected chi connectivity index (χ3v) is 6.02. The molecule has 35 heavy (non-hydrogen) atoms. The molecule has 0 spiro atoms. The molecule has 186 valence electrons. The van der Waals surface area contributed by atoms with Gasteiger partial charge in [-0.3, -0.25) is 4.79 Å². The van der Waals surface area contributed by atoms with Crippen LogP contribution in [0.15, 0.2) is 52.7 Å². The fourth-order valence-electron chi connectivity index (χ4n) is 3.20. The lowest BCUT2D eigenvalue weighted by molar-refractivity contribution is -0.113. The maximum atomic E-state index is 12.4. The molecule has 0 unspecified atom stereocenters. The summed E-state index contributed by atoms with van der Waals surface area (Å²) in [5, 5.41) is 15.3. The highest BCUT2D eigenvalue weighted by atomic mass is 32.2. The van der Waals surface area contributed by atoms with Gasteiger partial charge in [-0.05, 0) is 43.7 Å². The predicted molar refractivity (Wildman–Crippen MR) is 140 cm³/mol. The Morgan fingerprint density at radius 1 is 1.14 bits per heavy atom. The average Bonchev–Trinajstić information content (AvgIpc) is 3.23. The summed E-state index contributed by atoms with van der Waals surface area (Å²) < 4.78 is 11.7. The first-order valence-corrected chi connectivity index (χ1v) is 12.0. The number of anilines is 3. The Labute approximate surface area is 208 Å². The summed E-state index contributed by atoms with van der Waals surface area (Å²) in [6, 6.07) is 13.2. The quantitative estimate of drug-likeness (QED) is 0.149. The number of nitrogens with two attached hydrogens (primary N) is 1. The summed E-state index contributed by atoms with van der Waals surface area (Å²) in [6.45, 7) is 6.16. The van der Waals surface area contributed by atoms with Crippen molar-refractivity contribution >= 4 is 41.2 Å². The van der Waals surface area contributed by atoms with Crippen LogP contribution in [0.4, 0.5) is 17.3 Å². The van der Waals surface area contributed by atoms with Gasteiger partial charge >= 0.3 is 0 Å². The van der Waals surface area contributed by atoms with E-state index in [0.29, 0.717) is 22.3 Å². The van der Waals surface area contributed by atoms with E-state index >= 15 is 0 Å². The highest BCUT2D eigenvalue weighted by molar-refractivity contribution is 7.99. The maximum absolute atomic E-state index is 12.4. The largest absolute Gasteiger partial charge is 0.497 e. The summed E-state index contributed by atoms with van der Waals surface area (Å²) in [5.74, 6) is 7.24. The van der Waals surface area contributed by atoms with Crippen LogP contribution in [0, 0.1) is 0 Å². The number of rotatable bonds is 12. The summed E-state index contributed by atoms with van der Waals surface area (Å²) in [4.78, 5) is 14.7. The van der Waals surface area contributed by atoms with E-state index in [0.717, 1.165) is 36.1 Å². The minimum absolute atomic E-state index is 0.0673. The number of aromatic nitrogens is 3. The zero-order valence-electron chi connectivity index (χ0n) is 20.2. The SMILES string of the molecule is CCN(CC)c1ccc(/C=N/Nc2nnc(SCC(=O)Nc3cc(OC)ccc3OC)n2N)cc1. The Hall–Kier alpha value is -3.93. The molecule has 1 heterocycles. The number of carbonyl (C=O) groups excluding carboxylic acids is 1. The lowest BCUT2D eigenvalue weighted by Gasteiger charge is -2.20. The van der Waals surface area contributed by atoms with E-state index in [2.05, 4.69) is 56.9 Å². The van der Waals surface area contributed by atoms with E-state index in [9.17, 15) is 4.79 Å². The molecule has 0 saturated heterocycles. The van der Waals surface area contributed by atoms with Gasteiger partial charge in [-0.2, -0.15) is 5.10 Å². The molecule has 0 saturated carbocycles. The number of carbonyl (C=O) groups is 1. The summed E-state index contributed by atoms with van der Waals surface area (Å²) in [5.41, 5.74) is 5.37. The molecule has 0 aliphatic rings. The second kappa shape index (κ2) is 12.5. The standard InChI is InChI=1S/C23H30N8O3S/c1-5-30(6-2)17-9-7-16(8-10-17)14-25-27-22-28-29-23(31(22)24)35-15-21(32)26-19-13-18(33-3)11-12-20(19)34-4/h7-14H,5-6,15,24H2,1-4H3,(H,26,32)(H,27,28)/b25-14+. The molecule has 0 atom stereocenters. The fourth-order valence-corrected chi connectivity index (χ4v) is 3.86. The van der Waals surface area contributed by atoms with Gasteiger partial charge in [0.2, 0.25) is 11.1 Å². The van der Waals surface area contributed by atoms with E-state index in [1.54, 1.807) is 31.5 Å². The minimum atomic E-state index is -0.259. The van der Waals surface area contributed by atoms with Crippen molar-refractivity contribution in [1.29, 1.82) is 0 Å². The van der Waals surface area contributed by atoms with Crippen LogP contribution in [0.25, 0.3) is 0 Å². The monoisotopic (exact) mass is 498 g/mol. The molecule has 12 heteroatoms. The average molecular weight is 499 g/mol. The summed E-state index contributed by atoms with van der Waals surface area (Å²) >= 11 is 1.14. The lowest BCUT2D eigenvalue weighted by Crippen LogP contribution is -2.21. The number of thioether (sulfide) groups is 1. The van der Waals surface area contributed by atoms with Gasteiger partial charge < -0.3 is 25.5 Å². The van der Waals surface area contributed by atoms with Gasteiger partial charge in [0.25, 0.3) is 5.95 Å². The molecule has 0 fully saturated rings. The molecule has 1 aromatic heterocycles. The second-order valence-electron chi connectivity index (χ2n) is 7.21. The first kappa shape index (κ1) is 25.7. The molecular formula is C23H30N8O3S. The van der Waals surface area contributed by atoms with Crippen LogP contribution in [0.1, 0.15) is 19.4 Å². The first-order valence-electron chi connectivity index (χ1n) is 11.0. The number of hydrogen-bond donors (Lipinski definition) is 3. The molecule has 4 N–H and O–H groups in total. The molecule has 0 aliphatic heterocycles. The third-order valence-electron chi connectivity index (χ3n) is 5.08. The Balaban J connectivity index is 1.54. The van der Waals surface area contributed by atoms with Crippen LogP contribution in [-0.2, 0) is 4.79 Å². The predicted octanol–water partition coefficient (Wildman–Crippen LogP) is 3.03. The normalized spacial score (nSPS) is 10.9. The highest BCUT2D eigenvalue weighted by Crippen LogP contribution is 2.29. The van der Waals surface area contributed by atoms with Crippen LogP contribution < -0.4 is 31.0 Å². The molecular weight excluding hydrogens is 468 g/mol. The van der Waals surface area contributed by atoms with Gasteiger partial charge in [-0.15, -0.1) is 10.2 Å². The molecule has 0 bridgehead atoms. The number of nitrogens with one attached hydrogen (secondary N) is 2. The number of nitrogen functional groups attached to an aromatic ring is 1. The van der Waals surface area contributed by atoms with Crippen molar-refractivity contribution in [2.45, 2.75) is 19.0 Å². The minimum Gasteiger partial charge on any atom is -0.497 e. The van der Waals surface area contributed by atoms with Gasteiger partial charge in [0.05, 0.1) is 31.9 Å². The number of nitrogens with zero attached hydrogens (tertiary/aromatic N) is 5. The third kappa shape index (κ3) is 6.79. The van der Waals surface area contributed by atoms with E-state index in [1.807, 2.05) is 12.1 Å². The van der Waals surface area contributed by atoms with Crippen molar-refractivity contribution in [3.05, 3.63) is 48.0 Å². The number of ether oxygens (including phenoxy) is 2. The van der Waals surface area contributed by atoms with E-state index < -0.39 is 0 Å². The molecule has 3 aromatic rings. The van der Waals surface area contributed by atoms with Crippen molar-refractivity contribution in [3.63, 3.8) is 0 Å². The van der Waals surface area contributed by atoms with E-state index in [-0.39, 0.29) is 17.6 Å². The Morgan fingerprint density at radius 2 is 1.89 bits per heavy atom. The van der Waals surface area contributed by atoms with Crippen molar-refractivity contribution in [1.82, 2.24) is 14.9 Å². The molecule has 0 radical (unpaired) electrons. The second-order valence-corrected chi connectivity index (χ2v) is 8.16. The van der Waals surface area contributed by atoms with Crippen LogP contribution in [0.3, 0.4) is 0 Å². The first-order chi connectivity index (χ1) is 17.0. The Kier molecular flexibility index (Phi) is 9.18. The van der Waals surface area contributed by atoms with Crippen molar-refractivity contribution in [2.24, 2.45) is 5.10 Å². The Bertz CT molecular complexity index is 1150. The lowest BCUT2D eigenvalue weighted by atomic mass is 10.2. The van der Waals surface area contributed by atoms with E-state index in [1.165, 1.54) is 11.8 Å². The van der Waals surface area contributed by atoms with Crippen molar-refractivity contribution in [3.8, 4) is 11.5 Å². The summed E-state index contributed by atoms with van der Waals surface area (Å²) in [6.07, 6.45) is 1.67. The van der Waals surface area contributed by atoms with Gasteiger partial charge in [-0.25, -0.2) is 10.1 Å². The van der Waals surface area contributed by atoms with Gasteiger partial charge in [-0.1, -0.05) is 23.9 Å². The van der Waals surface area contributed by atoms with Crippen molar-refractivity contribution < 1.29 is 14.3 Å².